The normalized spacial score (nSPS) is 17.4. The van der Waals surface area contributed by atoms with Gasteiger partial charge in [0.25, 0.3) is 0 Å². The maximum Gasteiger partial charge on any atom is 0.129 e. The number of hydrogen-bond acceptors (Lipinski definition) is 5. The Morgan fingerprint density at radius 3 is 2.91 bits per heavy atom. The summed E-state index contributed by atoms with van der Waals surface area (Å²) in [4.78, 5) is 8.51. The molecule has 6 heteroatoms. The van der Waals surface area contributed by atoms with Gasteiger partial charge in [-0.2, -0.15) is 0 Å². The van der Waals surface area contributed by atoms with Crippen molar-refractivity contribution in [3.05, 3.63) is 48.2 Å². The maximum absolute atomic E-state index is 12.8. The number of hydrogen-bond donors (Lipinski definition) is 1. The van der Waals surface area contributed by atoms with Crippen LogP contribution in [-0.4, -0.2) is 36.3 Å². The van der Waals surface area contributed by atoms with Crippen molar-refractivity contribution in [2.24, 2.45) is 0 Å². The van der Waals surface area contributed by atoms with Gasteiger partial charge < -0.3 is 14.8 Å². The summed E-state index contributed by atoms with van der Waals surface area (Å²) < 4.78 is 23.7. The topological polar surface area (TPSA) is 56.3 Å². The molecule has 5 nitrogen and oxygen atoms in total. The molecule has 0 aliphatic carbocycles. The first-order valence-corrected chi connectivity index (χ1v) is 7.33. The first-order chi connectivity index (χ1) is 10.8. The van der Waals surface area contributed by atoms with Crippen LogP contribution in [0, 0.1) is 5.82 Å². The van der Waals surface area contributed by atoms with Gasteiger partial charge >= 0.3 is 0 Å². The first kappa shape index (κ1) is 14.7. The van der Waals surface area contributed by atoms with E-state index in [0.717, 1.165) is 31.1 Å². The molecule has 1 aromatic carbocycles. The summed E-state index contributed by atoms with van der Waals surface area (Å²) in [6.07, 6.45) is 2.57. The minimum atomic E-state index is -0.269. The third kappa shape index (κ3) is 3.92. The Hall–Kier alpha value is -2.21. The van der Waals surface area contributed by atoms with Crippen molar-refractivity contribution < 1.29 is 13.9 Å². The van der Waals surface area contributed by atoms with Crippen molar-refractivity contribution in [2.75, 3.05) is 31.7 Å². The van der Waals surface area contributed by atoms with Crippen LogP contribution in [0.15, 0.2) is 36.7 Å². The highest BCUT2D eigenvalue weighted by Gasteiger charge is 2.19. The molecule has 0 amide bonds. The fraction of sp³-hybridized carbons (Fsp3) is 0.375. The second-order valence-corrected chi connectivity index (χ2v) is 5.12. The van der Waals surface area contributed by atoms with Gasteiger partial charge in [0, 0.05) is 18.6 Å². The maximum atomic E-state index is 12.8. The van der Waals surface area contributed by atoms with Gasteiger partial charge in [-0.25, -0.2) is 14.4 Å². The lowest BCUT2D eigenvalue weighted by atomic mass is 10.1. The van der Waals surface area contributed by atoms with E-state index in [2.05, 4.69) is 15.3 Å². The van der Waals surface area contributed by atoms with E-state index in [4.69, 9.17) is 9.47 Å². The van der Waals surface area contributed by atoms with Crippen molar-refractivity contribution in [2.45, 2.75) is 12.3 Å². The average Bonchev–Trinajstić information content (AvgIpc) is 3.08. The highest BCUT2D eigenvalue weighted by Crippen LogP contribution is 2.24. The molecule has 0 spiro atoms. The van der Waals surface area contributed by atoms with Gasteiger partial charge in [0.2, 0.25) is 0 Å². The van der Waals surface area contributed by atoms with Gasteiger partial charge in [-0.05, 0) is 30.7 Å². The molecule has 1 aromatic heterocycles. The lowest BCUT2D eigenvalue weighted by Gasteiger charge is -2.10. The second kappa shape index (κ2) is 7.17. The minimum Gasteiger partial charge on any atom is -0.492 e. The number of aromatic nitrogens is 2. The summed E-state index contributed by atoms with van der Waals surface area (Å²) in [5.74, 6) is 1.52. The highest BCUT2D eigenvalue weighted by atomic mass is 19.1. The number of rotatable bonds is 6. The summed E-state index contributed by atoms with van der Waals surface area (Å²) in [7, 11) is 0. The number of nitrogens with one attached hydrogen (secondary N) is 1. The van der Waals surface area contributed by atoms with Crippen LogP contribution in [0.1, 0.15) is 18.0 Å². The molecular formula is C16H18FN3O2. The van der Waals surface area contributed by atoms with Crippen LogP contribution in [0.3, 0.4) is 0 Å². The zero-order valence-corrected chi connectivity index (χ0v) is 12.2. The Labute approximate surface area is 128 Å². The van der Waals surface area contributed by atoms with Gasteiger partial charge in [-0.3, -0.25) is 0 Å². The molecule has 0 unspecified atom stereocenters. The van der Waals surface area contributed by atoms with E-state index in [1.807, 2.05) is 6.07 Å². The number of benzene rings is 1. The minimum absolute atomic E-state index is 0.269. The summed E-state index contributed by atoms with van der Waals surface area (Å²) in [6.45, 7) is 2.60. The van der Waals surface area contributed by atoms with E-state index in [1.165, 1.54) is 12.1 Å². The fourth-order valence-electron chi connectivity index (χ4n) is 2.34. The standard InChI is InChI=1S/C16H18FN3O2/c17-13-1-3-14(4-2-13)22-8-6-18-16-9-15(19-11-20-16)12-5-7-21-10-12/h1-4,9,11-12H,5-8,10H2,(H,18,19,20)/t12-/m1/s1. The van der Waals surface area contributed by atoms with E-state index < -0.39 is 0 Å². The quantitative estimate of drug-likeness (QED) is 0.831. The third-order valence-electron chi connectivity index (χ3n) is 3.53. The molecule has 1 fully saturated rings. The molecule has 3 rings (SSSR count). The molecule has 0 radical (unpaired) electrons. The van der Waals surface area contributed by atoms with Gasteiger partial charge in [0.1, 0.15) is 30.3 Å². The summed E-state index contributed by atoms with van der Waals surface area (Å²) in [5.41, 5.74) is 1.01. The van der Waals surface area contributed by atoms with Gasteiger partial charge in [-0.15, -0.1) is 0 Å². The Morgan fingerprint density at radius 1 is 1.27 bits per heavy atom. The van der Waals surface area contributed by atoms with Crippen molar-refractivity contribution >= 4 is 5.82 Å². The van der Waals surface area contributed by atoms with Crippen LogP contribution < -0.4 is 10.1 Å². The molecule has 116 valence electrons. The number of halogens is 1. The molecule has 1 saturated heterocycles. The molecule has 22 heavy (non-hydrogen) atoms. The summed E-state index contributed by atoms with van der Waals surface area (Å²) in [5, 5.41) is 3.20. The van der Waals surface area contributed by atoms with E-state index in [1.54, 1.807) is 18.5 Å². The van der Waals surface area contributed by atoms with E-state index in [0.29, 0.717) is 24.8 Å². The number of nitrogens with zero attached hydrogens (tertiary/aromatic N) is 2. The van der Waals surface area contributed by atoms with Gasteiger partial charge in [0.05, 0.1) is 18.8 Å². The van der Waals surface area contributed by atoms with Crippen LogP contribution in [0.5, 0.6) is 5.75 Å². The number of ether oxygens (including phenoxy) is 2. The zero-order chi connectivity index (χ0) is 15.2. The largest absolute Gasteiger partial charge is 0.492 e. The fourth-order valence-corrected chi connectivity index (χ4v) is 2.34. The van der Waals surface area contributed by atoms with Crippen LogP contribution in [0.2, 0.25) is 0 Å². The molecule has 1 N–H and O–H groups in total. The molecule has 1 atom stereocenters. The average molecular weight is 303 g/mol. The van der Waals surface area contributed by atoms with Gasteiger partial charge in [0.15, 0.2) is 0 Å². The summed E-state index contributed by atoms with van der Waals surface area (Å²) in [6, 6.07) is 7.93. The highest BCUT2D eigenvalue weighted by molar-refractivity contribution is 5.36. The SMILES string of the molecule is Fc1ccc(OCCNc2cc([C@@H]3CCOC3)ncn2)cc1. The Morgan fingerprint density at radius 2 is 2.14 bits per heavy atom. The Balaban J connectivity index is 1.47. The van der Waals surface area contributed by atoms with E-state index in [9.17, 15) is 4.39 Å². The summed E-state index contributed by atoms with van der Waals surface area (Å²) >= 11 is 0. The molecule has 2 aromatic rings. The lowest BCUT2D eigenvalue weighted by molar-refractivity contribution is 0.193. The molecule has 2 heterocycles. The van der Waals surface area contributed by atoms with Crippen LogP contribution in [0.25, 0.3) is 0 Å². The zero-order valence-electron chi connectivity index (χ0n) is 12.2. The molecule has 0 saturated carbocycles. The predicted octanol–water partition coefficient (Wildman–Crippen LogP) is 2.61. The van der Waals surface area contributed by atoms with Crippen LogP contribution in [-0.2, 0) is 4.74 Å². The van der Waals surface area contributed by atoms with Crippen molar-refractivity contribution in [1.82, 2.24) is 9.97 Å². The monoisotopic (exact) mass is 303 g/mol. The van der Waals surface area contributed by atoms with Gasteiger partial charge in [-0.1, -0.05) is 0 Å². The molecule has 1 aliphatic rings. The second-order valence-electron chi connectivity index (χ2n) is 5.12. The van der Waals surface area contributed by atoms with E-state index in [-0.39, 0.29) is 5.82 Å². The van der Waals surface area contributed by atoms with Crippen molar-refractivity contribution in [3.8, 4) is 5.75 Å². The van der Waals surface area contributed by atoms with Crippen molar-refractivity contribution in [3.63, 3.8) is 0 Å². The smallest absolute Gasteiger partial charge is 0.129 e. The predicted molar refractivity (Wildman–Crippen MR) is 80.6 cm³/mol. The van der Waals surface area contributed by atoms with Crippen LogP contribution >= 0.6 is 0 Å². The third-order valence-corrected chi connectivity index (χ3v) is 3.53. The molecule has 1 aliphatic heterocycles. The Kier molecular flexibility index (Phi) is 4.80. The van der Waals surface area contributed by atoms with E-state index >= 15 is 0 Å². The van der Waals surface area contributed by atoms with Crippen molar-refractivity contribution in [1.29, 1.82) is 0 Å². The van der Waals surface area contributed by atoms with Crippen LogP contribution in [0.4, 0.5) is 10.2 Å². The lowest BCUT2D eigenvalue weighted by Crippen LogP contribution is -2.13. The number of anilines is 1. The molecule has 0 bridgehead atoms. The Bertz CT molecular complexity index is 601. The first-order valence-electron chi connectivity index (χ1n) is 7.33. The molecular weight excluding hydrogens is 285 g/mol.